The Bertz CT molecular complexity index is 334. The Morgan fingerprint density at radius 3 is 1.55 bits per heavy atom. The van der Waals surface area contributed by atoms with E-state index in [1.165, 1.54) is 57.8 Å². The van der Waals surface area contributed by atoms with Crippen LogP contribution in [0, 0.1) is 11.3 Å². The van der Waals surface area contributed by atoms with E-state index in [0.29, 0.717) is 5.41 Å². The third kappa shape index (κ3) is 19.5. The molecule has 0 N–H and O–H groups in total. The summed E-state index contributed by atoms with van der Waals surface area (Å²) in [4.78, 5) is 0. The van der Waals surface area contributed by atoms with Crippen molar-refractivity contribution in [2.24, 2.45) is 11.3 Å². The average molecular weight is 415 g/mol. The predicted molar refractivity (Wildman–Crippen MR) is 122 cm³/mol. The van der Waals surface area contributed by atoms with Crippen molar-refractivity contribution >= 4 is 0 Å². The van der Waals surface area contributed by atoms with Gasteiger partial charge in [0.15, 0.2) is 0 Å². The summed E-state index contributed by atoms with van der Waals surface area (Å²) >= 11 is 0. The standard InChI is InChI=1S/C25H50O4/c1-25(2,3)15-8-5-9-16-26-17-10-18-27-19-11-20-28-21-12-22-29-23-24-13-6-4-7-14-24/h24H,4-23H2,1-3H3. The largest absolute Gasteiger partial charge is 0.381 e. The SMILES string of the molecule is CC(C)(C)CCCCCOCCCOCCCOCCCOCC1CCCCC1. The van der Waals surface area contributed by atoms with Gasteiger partial charge in [-0.15, -0.1) is 0 Å². The highest BCUT2D eigenvalue weighted by molar-refractivity contribution is 4.64. The van der Waals surface area contributed by atoms with Crippen LogP contribution in [0.2, 0.25) is 0 Å². The first-order chi connectivity index (χ1) is 14.1. The third-order valence-electron chi connectivity index (χ3n) is 5.53. The molecule has 174 valence electrons. The van der Waals surface area contributed by atoms with Crippen molar-refractivity contribution in [3.05, 3.63) is 0 Å². The first kappa shape index (κ1) is 26.9. The summed E-state index contributed by atoms with van der Waals surface area (Å²) in [7, 11) is 0. The molecule has 0 aromatic rings. The quantitative estimate of drug-likeness (QED) is 0.229. The smallest absolute Gasteiger partial charge is 0.0494 e. The summed E-state index contributed by atoms with van der Waals surface area (Å²) in [6, 6.07) is 0. The van der Waals surface area contributed by atoms with E-state index in [9.17, 15) is 0 Å². The first-order valence-electron chi connectivity index (χ1n) is 12.4. The molecule has 0 bridgehead atoms. The second-order valence-electron chi connectivity index (χ2n) is 9.85. The van der Waals surface area contributed by atoms with Gasteiger partial charge in [0.25, 0.3) is 0 Å². The van der Waals surface area contributed by atoms with Gasteiger partial charge in [-0.2, -0.15) is 0 Å². The number of unbranched alkanes of at least 4 members (excludes halogenated alkanes) is 2. The molecule has 4 heteroatoms. The zero-order valence-corrected chi connectivity index (χ0v) is 19.9. The molecule has 0 aromatic carbocycles. The molecule has 4 nitrogen and oxygen atoms in total. The lowest BCUT2D eigenvalue weighted by molar-refractivity contribution is 0.0451. The van der Waals surface area contributed by atoms with Crippen molar-refractivity contribution in [1.82, 2.24) is 0 Å². The molecular weight excluding hydrogens is 364 g/mol. The summed E-state index contributed by atoms with van der Waals surface area (Å²) in [5.41, 5.74) is 0.464. The maximum absolute atomic E-state index is 5.79. The van der Waals surface area contributed by atoms with Crippen molar-refractivity contribution in [2.45, 2.75) is 97.8 Å². The van der Waals surface area contributed by atoms with Crippen LogP contribution in [-0.2, 0) is 18.9 Å². The van der Waals surface area contributed by atoms with Gasteiger partial charge in [0, 0.05) is 52.9 Å². The van der Waals surface area contributed by atoms with Crippen LogP contribution in [0.3, 0.4) is 0 Å². The van der Waals surface area contributed by atoms with Crippen molar-refractivity contribution in [1.29, 1.82) is 0 Å². The highest BCUT2D eigenvalue weighted by Crippen LogP contribution is 2.23. The van der Waals surface area contributed by atoms with Crippen LogP contribution in [0.1, 0.15) is 97.8 Å². The second kappa shape index (κ2) is 18.6. The normalized spacial score (nSPS) is 15.8. The summed E-state index contributed by atoms with van der Waals surface area (Å²) in [6.45, 7) is 13.6. The molecule has 0 aromatic heterocycles. The maximum atomic E-state index is 5.79. The molecule has 1 saturated carbocycles. The predicted octanol–water partition coefficient (Wildman–Crippen LogP) is 6.41. The van der Waals surface area contributed by atoms with E-state index < -0.39 is 0 Å². The third-order valence-corrected chi connectivity index (χ3v) is 5.53. The zero-order valence-electron chi connectivity index (χ0n) is 19.9. The molecule has 1 fully saturated rings. The molecule has 0 heterocycles. The van der Waals surface area contributed by atoms with Crippen LogP contribution in [0.25, 0.3) is 0 Å². The van der Waals surface area contributed by atoms with E-state index >= 15 is 0 Å². The van der Waals surface area contributed by atoms with Gasteiger partial charge in [0.1, 0.15) is 0 Å². The number of ether oxygens (including phenoxy) is 4. The molecule has 1 rings (SSSR count). The van der Waals surface area contributed by atoms with E-state index in [4.69, 9.17) is 18.9 Å². The molecule has 0 atom stereocenters. The summed E-state index contributed by atoms with van der Waals surface area (Å²) in [6.07, 6.45) is 15.0. The lowest BCUT2D eigenvalue weighted by Crippen LogP contribution is -2.14. The van der Waals surface area contributed by atoms with Gasteiger partial charge in [0.2, 0.25) is 0 Å². The molecule has 0 saturated heterocycles. The Morgan fingerprint density at radius 2 is 1.03 bits per heavy atom. The van der Waals surface area contributed by atoms with E-state index in [-0.39, 0.29) is 0 Å². The fraction of sp³-hybridized carbons (Fsp3) is 1.00. The zero-order chi connectivity index (χ0) is 21.0. The van der Waals surface area contributed by atoms with Gasteiger partial charge < -0.3 is 18.9 Å². The van der Waals surface area contributed by atoms with Gasteiger partial charge in [-0.1, -0.05) is 52.9 Å². The van der Waals surface area contributed by atoms with E-state index in [1.807, 2.05) is 0 Å². The Morgan fingerprint density at radius 1 is 0.552 bits per heavy atom. The molecule has 29 heavy (non-hydrogen) atoms. The minimum atomic E-state index is 0.464. The minimum Gasteiger partial charge on any atom is -0.381 e. The fourth-order valence-corrected chi connectivity index (χ4v) is 3.74. The number of rotatable bonds is 19. The molecule has 0 unspecified atom stereocenters. The van der Waals surface area contributed by atoms with Crippen molar-refractivity contribution in [3.8, 4) is 0 Å². The van der Waals surface area contributed by atoms with Crippen LogP contribution >= 0.6 is 0 Å². The molecule has 1 aliphatic carbocycles. The van der Waals surface area contributed by atoms with Crippen LogP contribution in [0.5, 0.6) is 0 Å². The van der Waals surface area contributed by atoms with E-state index in [2.05, 4.69) is 20.8 Å². The highest BCUT2D eigenvalue weighted by atomic mass is 16.5. The maximum Gasteiger partial charge on any atom is 0.0494 e. The lowest BCUT2D eigenvalue weighted by atomic mass is 9.89. The van der Waals surface area contributed by atoms with Gasteiger partial charge in [-0.05, 0) is 56.3 Å². The summed E-state index contributed by atoms with van der Waals surface area (Å²) in [5.74, 6) is 0.811. The summed E-state index contributed by atoms with van der Waals surface area (Å²) in [5, 5.41) is 0. The summed E-state index contributed by atoms with van der Waals surface area (Å²) < 4.78 is 22.8. The van der Waals surface area contributed by atoms with Gasteiger partial charge in [-0.25, -0.2) is 0 Å². The van der Waals surface area contributed by atoms with Crippen LogP contribution < -0.4 is 0 Å². The van der Waals surface area contributed by atoms with Gasteiger partial charge >= 0.3 is 0 Å². The highest BCUT2D eigenvalue weighted by Gasteiger charge is 2.12. The average Bonchev–Trinajstić information content (AvgIpc) is 2.69. The number of hydrogen-bond acceptors (Lipinski definition) is 4. The first-order valence-corrected chi connectivity index (χ1v) is 12.4. The molecule has 1 aliphatic rings. The van der Waals surface area contributed by atoms with E-state index in [1.54, 1.807) is 0 Å². The molecule has 0 radical (unpaired) electrons. The monoisotopic (exact) mass is 414 g/mol. The molecule has 0 spiro atoms. The lowest BCUT2D eigenvalue weighted by Gasteiger charge is -2.21. The van der Waals surface area contributed by atoms with Crippen molar-refractivity contribution in [3.63, 3.8) is 0 Å². The fourth-order valence-electron chi connectivity index (χ4n) is 3.74. The minimum absolute atomic E-state index is 0.464. The van der Waals surface area contributed by atoms with Crippen LogP contribution in [0.15, 0.2) is 0 Å². The van der Waals surface area contributed by atoms with Gasteiger partial charge in [-0.3, -0.25) is 0 Å². The molecule has 0 amide bonds. The van der Waals surface area contributed by atoms with Crippen LogP contribution in [0.4, 0.5) is 0 Å². The van der Waals surface area contributed by atoms with E-state index in [0.717, 1.165) is 78.0 Å². The number of hydrogen-bond donors (Lipinski definition) is 0. The molecule has 0 aliphatic heterocycles. The Labute approximate surface area is 181 Å². The molecular formula is C25H50O4. The Balaban J connectivity index is 1.66. The second-order valence-corrected chi connectivity index (χ2v) is 9.85. The Hall–Kier alpha value is -0.160. The van der Waals surface area contributed by atoms with Crippen LogP contribution in [-0.4, -0.2) is 52.9 Å². The van der Waals surface area contributed by atoms with Crippen molar-refractivity contribution in [2.75, 3.05) is 52.9 Å². The Kier molecular flexibility index (Phi) is 17.2. The van der Waals surface area contributed by atoms with Gasteiger partial charge in [0.05, 0.1) is 0 Å². The topological polar surface area (TPSA) is 36.9 Å². The van der Waals surface area contributed by atoms with Crippen molar-refractivity contribution < 1.29 is 18.9 Å².